The van der Waals surface area contributed by atoms with Gasteiger partial charge in [-0.3, -0.25) is 9.59 Å². The number of carbonyl (C=O) groups is 2. The number of rotatable bonds is 4. The van der Waals surface area contributed by atoms with Crippen LogP contribution in [0, 0.1) is 0 Å². The minimum atomic E-state index is 0.584. The molecule has 0 radical (unpaired) electrons. The van der Waals surface area contributed by atoms with Crippen LogP contribution < -0.4 is 5.32 Å². The number of hydrogen-bond donors (Lipinski definition) is 1. The molecule has 0 aliphatic rings. The molecule has 0 fully saturated rings. The molecule has 0 unspecified atom stereocenters. The Kier molecular flexibility index (Phi) is 7.68. The predicted molar refractivity (Wildman–Crippen MR) is 56.9 cm³/mol. The van der Waals surface area contributed by atoms with E-state index in [1.807, 2.05) is 6.92 Å². The number of aldehydes is 1. The summed E-state index contributed by atoms with van der Waals surface area (Å²) in [5.41, 5.74) is 0. The Hall–Kier alpha value is -1.20. The monoisotopic (exact) mass is 215 g/mol. The highest BCUT2D eigenvalue weighted by molar-refractivity contribution is 7.17. The third kappa shape index (κ3) is 5.45. The SMILES string of the molecule is CCOC.O=CNc1ccc(C=O)s1. The van der Waals surface area contributed by atoms with E-state index in [9.17, 15) is 9.59 Å². The molecular weight excluding hydrogens is 202 g/mol. The normalized spacial score (nSPS) is 8.43. The van der Waals surface area contributed by atoms with Gasteiger partial charge in [-0.1, -0.05) is 0 Å². The van der Waals surface area contributed by atoms with Crippen molar-refractivity contribution < 1.29 is 14.3 Å². The number of methoxy groups -OCH3 is 1. The quantitative estimate of drug-likeness (QED) is 0.779. The molecule has 5 heteroatoms. The fraction of sp³-hybridized carbons (Fsp3) is 0.333. The fourth-order valence-electron chi connectivity index (χ4n) is 0.552. The molecule has 1 amide bonds. The first-order chi connectivity index (χ1) is 6.78. The largest absolute Gasteiger partial charge is 0.385 e. The lowest BCUT2D eigenvalue weighted by atomic mass is 10.5. The first-order valence-electron chi connectivity index (χ1n) is 4.02. The van der Waals surface area contributed by atoms with Crippen molar-refractivity contribution in [2.24, 2.45) is 0 Å². The van der Waals surface area contributed by atoms with Gasteiger partial charge in [-0.15, -0.1) is 11.3 Å². The average molecular weight is 215 g/mol. The van der Waals surface area contributed by atoms with Gasteiger partial charge in [-0.25, -0.2) is 0 Å². The van der Waals surface area contributed by atoms with Crippen LogP contribution in [0.15, 0.2) is 12.1 Å². The Bertz CT molecular complexity index is 271. The maximum atomic E-state index is 10.1. The molecule has 0 aliphatic carbocycles. The second kappa shape index (κ2) is 8.40. The molecule has 0 saturated carbocycles. The molecule has 0 aromatic carbocycles. The van der Waals surface area contributed by atoms with E-state index in [0.717, 1.165) is 12.9 Å². The zero-order chi connectivity index (χ0) is 10.8. The summed E-state index contributed by atoms with van der Waals surface area (Å²) in [6.45, 7) is 2.78. The molecule has 1 aromatic rings. The Labute approximate surface area is 86.9 Å². The van der Waals surface area contributed by atoms with E-state index < -0.39 is 0 Å². The predicted octanol–water partition coefficient (Wildman–Crippen LogP) is 1.78. The first-order valence-corrected chi connectivity index (χ1v) is 4.84. The molecule has 0 bridgehead atoms. The van der Waals surface area contributed by atoms with Crippen LogP contribution in [0.1, 0.15) is 16.6 Å². The van der Waals surface area contributed by atoms with Gasteiger partial charge >= 0.3 is 0 Å². The Morgan fingerprint density at radius 2 is 2.14 bits per heavy atom. The van der Waals surface area contributed by atoms with Crippen LogP contribution in [0.3, 0.4) is 0 Å². The van der Waals surface area contributed by atoms with Crippen molar-refractivity contribution in [3.63, 3.8) is 0 Å². The number of ether oxygens (including phenoxy) is 1. The van der Waals surface area contributed by atoms with E-state index in [4.69, 9.17) is 0 Å². The number of nitrogens with one attached hydrogen (secondary N) is 1. The van der Waals surface area contributed by atoms with Gasteiger partial charge in [0.1, 0.15) is 0 Å². The van der Waals surface area contributed by atoms with Crippen LogP contribution in [0.5, 0.6) is 0 Å². The van der Waals surface area contributed by atoms with E-state index in [1.165, 1.54) is 11.3 Å². The van der Waals surface area contributed by atoms with Gasteiger partial charge in [0.05, 0.1) is 9.88 Å². The topological polar surface area (TPSA) is 55.4 Å². The molecule has 1 aromatic heterocycles. The van der Waals surface area contributed by atoms with Gasteiger partial charge < -0.3 is 10.1 Å². The molecule has 1 rings (SSSR count). The van der Waals surface area contributed by atoms with Crippen LogP contribution in [0.4, 0.5) is 5.00 Å². The molecule has 78 valence electrons. The number of anilines is 1. The fourth-order valence-corrected chi connectivity index (χ4v) is 1.23. The van der Waals surface area contributed by atoms with E-state index in [0.29, 0.717) is 16.3 Å². The highest BCUT2D eigenvalue weighted by Crippen LogP contribution is 2.18. The van der Waals surface area contributed by atoms with Gasteiger partial charge in [0.25, 0.3) is 0 Å². The van der Waals surface area contributed by atoms with Crippen LogP contribution in [-0.4, -0.2) is 26.4 Å². The summed E-state index contributed by atoms with van der Waals surface area (Å²) in [7, 11) is 1.68. The van der Waals surface area contributed by atoms with Crippen molar-refractivity contribution in [3.05, 3.63) is 17.0 Å². The Morgan fingerprint density at radius 3 is 2.50 bits per heavy atom. The summed E-state index contributed by atoms with van der Waals surface area (Å²) in [6, 6.07) is 3.34. The van der Waals surface area contributed by atoms with E-state index in [1.54, 1.807) is 19.2 Å². The highest BCUT2D eigenvalue weighted by atomic mass is 32.1. The second-order valence-electron chi connectivity index (χ2n) is 2.16. The van der Waals surface area contributed by atoms with Crippen molar-refractivity contribution in [2.45, 2.75) is 6.92 Å². The van der Waals surface area contributed by atoms with Crippen LogP contribution in [0.2, 0.25) is 0 Å². The van der Waals surface area contributed by atoms with E-state index in [-0.39, 0.29) is 0 Å². The molecule has 14 heavy (non-hydrogen) atoms. The van der Waals surface area contributed by atoms with E-state index >= 15 is 0 Å². The van der Waals surface area contributed by atoms with Crippen molar-refractivity contribution >= 4 is 29.0 Å². The standard InChI is InChI=1S/C6H5NO2S.C3H8O/c8-3-5-1-2-6(10-5)7-4-9;1-3-4-2/h1-4H,(H,7,9);3H2,1-2H3. The third-order valence-electron chi connectivity index (χ3n) is 1.23. The minimum absolute atomic E-state index is 0.584. The number of amides is 1. The second-order valence-corrected chi connectivity index (χ2v) is 3.27. The molecule has 1 heterocycles. The van der Waals surface area contributed by atoms with Crippen molar-refractivity contribution in [1.29, 1.82) is 0 Å². The molecular formula is C9H13NO3S. The van der Waals surface area contributed by atoms with Gasteiger partial charge in [-0.05, 0) is 19.1 Å². The maximum Gasteiger partial charge on any atom is 0.212 e. The van der Waals surface area contributed by atoms with Crippen molar-refractivity contribution in [1.82, 2.24) is 0 Å². The molecule has 1 N–H and O–H groups in total. The smallest absolute Gasteiger partial charge is 0.212 e. The van der Waals surface area contributed by atoms with Gasteiger partial charge in [0.15, 0.2) is 6.29 Å². The van der Waals surface area contributed by atoms with Crippen LogP contribution >= 0.6 is 11.3 Å². The summed E-state index contributed by atoms with van der Waals surface area (Å²) in [6.07, 6.45) is 1.33. The van der Waals surface area contributed by atoms with Crippen LogP contribution in [-0.2, 0) is 9.53 Å². The molecule has 4 nitrogen and oxygen atoms in total. The summed E-state index contributed by atoms with van der Waals surface area (Å²) < 4.78 is 4.54. The molecule has 0 saturated heterocycles. The van der Waals surface area contributed by atoms with Crippen molar-refractivity contribution in [2.75, 3.05) is 19.0 Å². The summed E-state index contributed by atoms with van der Waals surface area (Å²) in [4.78, 5) is 20.6. The van der Waals surface area contributed by atoms with E-state index in [2.05, 4.69) is 10.1 Å². The third-order valence-corrected chi connectivity index (χ3v) is 2.17. The van der Waals surface area contributed by atoms with Gasteiger partial charge in [-0.2, -0.15) is 0 Å². The summed E-state index contributed by atoms with van der Waals surface area (Å²) >= 11 is 1.25. The van der Waals surface area contributed by atoms with Gasteiger partial charge in [0.2, 0.25) is 6.41 Å². The molecule has 0 spiro atoms. The Balaban J connectivity index is 0.000000364. The maximum absolute atomic E-state index is 10.1. The number of thiophene rings is 1. The molecule has 0 aliphatic heterocycles. The lowest BCUT2D eigenvalue weighted by molar-refractivity contribution is -0.105. The van der Waals surface area contributed by atoms with Crippen LogP contribution in [0.25, 0.3) is 0 Å². The zero-order valence-corrected chi connectivity index (χ0v) is 8.97. The Morgan fingerprint density at radius 1 is 1.50 bits per heavy atom. The summed E-state index contributed by atoms with van der Waals surface area (Å²) in [5.74, 6) is 0. The number of carbonyl (C=O) groups excluding carboxylic acids is 2. The lowest BCUT2D eigenvalue weighted by Crippen LogP contribution is -1.88. The molecule has 0 atom stereocenters. The zero-order valence-electron chi connectivity index (χ0n) is 8.15. The highest BCUT2D eigenvalue weighted by Gasteiger charge is 1.95. The average Bonchev–Trinajstić information content (AvgIpc) is 2.67. The van der Waals surface area contributed by atoms with Gasteiger partial charge in [0, 0.05) is 13.7 Å². The number of hydrogen-bond acceptors (Lipinski definition) is 4. The first kappa shape index (κ1) is 12.8. The lowest BCUT2D eigenvalue weighted by Gasteiger charge is -1.85. The van der Waals surface area contributed by atoms with Crippen molar-refractivity contribution in [3.8, 4) is 0 Å². The summed E-state index contributed by atoms with van der Waals surface area (Å²) in [5, 5.41) is 3.13. The minimum Gasteiger partial charge on any atom is -0.385 e.